The van der Waals surface area contributed by atoms with Crippen LogP contribution >= 0.6 is 0 Å². The molecule has 0 fully saturated rings. The number of aromatic nitrogens is 2. The van der Waals surface area contributed by atoms with Crippen LogP contribution in [0.1, 0.15) is 35.2 Å². The zero-order chi connectivity index (χ0) is 19.2. The molecule has 0 radical (unpaired) electrons. The molecule has 1 unspecified atom stereocenters. The summed E-state index contributed by atoms with van der Waals surface area (Å²) >= 11 is 0. The second-order valence-corrected chi connectivity index (χ2v) is 6.13. The molecule has 1 heterocycles. The lowest BCUT2D eigenvalue weighted by Gasteiger charge is -2.16. The number of rotatable bonds is 6. The molecule has 6 nitrogen and oxygen atoms in total. The van der Waals surface area contributed by atoms with E-state index in [0.29, 0.717) is 12.0 Å². The number of amides is 1. The molecule has 6 heteroatoms. The summed E-state index contributed by atoms with van der Waals surface area (Å²) < 4.78 is 4.70. The highest BCUT2D eigenvalue weighted by Gasteiger charge is 2.19. The number of nitrogens with one attached hydrogen (secondary N) is 2. The number of carbonyl (C=O) groups is 2. The van der Waals surface area contributed by atoms with Crippen molar-refractivity contribution < 1.29 is 14.3 Å². The molecule has 1 aromatic heterocycles. The molecule has 3 aromatic rings. The van der Waals surface area contributed by atoms with Gasteiger partial charge in [-0.25, -0.2) is 4.79 Å². The molecule has 0 bridgehead atoms. The zero-order valence-electron chi connectivity index (χ0n) is 15.2. The van der Waals surface area contributed by atoms with Crippen LogP contribution in [-0.2, 0) is 9.53 Å². The summed E-state index contributed by atoms with van der Waals surface area (Å²) in [6, 6.07) is 14.6. The van der Waals surface area contributed by atoms with Crippen LogP contribution in [0.3, 0.4) is 0 Å². The number of hydrogen-bond donors (Lipinski definition) is 2. The first kappa shape index (κ1) is 18.4. The van der Waals surface area contributed by atoms with Gasteiger partial charge in [0, 0.05) is 17.4 Å². The minimum atomic E-state index is -0.392. The predicted octanol–water partition coefficient (Wildman–Crippen LogP) is 4.00. The van der Waals surface area contributed by atoms with Gasteiger partial charge in [-0.15, -0.1) is 0 Å². The van der Waals surface area contributed by atoms with Gasteiger partial charge < -0.3 is 10.1 Å². The summed E-state index contributed by atoms with van der Waals surface area (Å²) in [5, 5.41) is 9.68. The average Bonchev–Trinajstić information content (AvgIpc) is 3.24. The van der Waals surface area contributed by atoms with Gasteiger partial charge in [0.1, 0.15) is 0 Å². The summed E-state index contributed by atoms with van der Waals surface area (Å²) in [6.45, 7) is 1.96. The Morgan fingerprint density at radius 2 is 1.78 bits per heavy atom. The number of H-pyrrole nitrogens is 1. The number of hydrogen-bond acceptors (Lipinski definition) is 4. The van der Waals surface area contributed by atoms with Crippen LogP contribution in [0.15, 0.2) is 60.9 Å². The highest BCUT2D eigenvalue weighted by atomic mass is 16.5. The van der Waals surface area contributed by atoms with Crippen molar-refractivity contribution in [3.05, 3.63) is 72.1 Å². The first-order valence-electron chi connectivity index (χ1n) is 8.70. The van der Waals surface area contributed by atoms with Crippen molar-refractivity contribution in [2.24, 2.45) is 0 Å². The third-order valence-corrected chi connectivity index (χ3v) is 4.44. The molecule has 0 aliphatic rings. The topological polar surface area (TPSA) is 84.1 Å². The van der Waals surface area contributed by atoms with Crippen molar-refractivity contribution in [3.63, 3.8) is 0 Å². The van der Waals surface area contributed by atoms with Crippen molar-refractivity contribution in [2.45, 2.75) is 19.3 Å². The predicted molar refractivity (Wildman–Crippen MR) is 103 cm³/mol. The van der Waals surface area contributed by atoms with E-state index in [4.69, 9.17) is 4.74 Å². The number of methoxy groups -OCH3 is 1. The van der Waals surface area contributed by atoms with Crippen LogP contribution in [0.2, 0.25) is 0 Å². The van der Waals surface area contributed by atoms with E-state index in [9.17, 15) is 9.59 Å². The Hall–Kier alpha value is -3.41. The van der Waals surface area contributed by atoms with Crippen molar-refractivity contribution in [2.75, 3.05) is 12.4 Å². The minimum Gasteiger partial charge on any atom is -0.465 e. The smallest absolute Gasteiger partial charge is 0.337 e. The van der Waals surface area contributed by atoms with E-state index >= 15 is 0 Å². The Balaban J connectivity index is 1.70. The lowest BCUT2D eigenvalue weighted by molar-refractivity contribution is -0.117. The Morgan fingerprint density at radius 1 is 1.07 bits per heavy atom. The van der Waals surface area contributed by atoms with Crippen LogP contribution in [0.5, 0.6) is 0 Å². The fourth-order valence-electron chi connectivity index (χ4n) is 2.93. The molecule has 27 heavy (non-hydrogen) atoms. The Labute approximate surface area is 157 Å². The number of benzene rings is 2. The number of carbonyl (C=O) groups excluding carboxylic acids is 2. The van der Waals surface area contributed by atoms with Crippen LogP contribution in [0, 0.1) is 0 Å². The van der Waals surface area contributed by atoms with E-state index in [1.165, 1.54) is 7.11 Å². The van der Waals surface area contributed by atoms with E-state index in [-0.39, 0.29) is 11.8 Å². The van der Waals surface area contributed by atoms with Gasteiger partial charge in [0.05, 0.1) is 24.8 Å². The molecule has 138 valence electrons. The monoisotopic (exact) mass is 363 g/mol. The summed E-state index contributed by atoms with van der Waals surface area (Å²) in [6.07, 6.45) is 4.22. The second kappa shape index (κ2) is 8.31. The summed E-state index contributed by atoms with van der Waals surface area (Å²) in [5.74, 6) is -0.776. The highest BCUT2D eigenvalue weighted by molar-refractivity contribution is 5.96. The molecular weight excluding hydrogens is 342 g/mol. The second-order valence-electron chi connectivity index (χ2n) is 6.13. The zero-order valence-corrected chi connectivity index (χ0v) is 15.2. The van der Waals surface area contributed by atoms with E-state index in [1.54, 1.807) is 30.5 Å². The van der Waals surface area contributed by atoms with Gasteiger partial charge in [-0.3, -0.25) is 9.89 Å². The molecule has 0 aliphatic heterocycles. The molecule has 0 saturated heterocycles. The van der Waals surface area contributed by atoms with Crippen LogP contribution in [0.4, 0.5) is 5.69 Å². The van der Waals surface area contributed by atoms with Gasteiger partial charge in [0.15, 0.2) is 0 Å². The highest BCUT2D eigenvalue weighted by Crippen LogP contribution is 2.24. The fraction of sp³-hybridized carbons (Fsp3) is 0.190. The molecule has 3 rings (SSSR count). The lowest BCUT2D eigenvalue weighted by Crippen LogP contribution is -2.20. The van der Waals surface area contributed by atoms with Gasteiger partial charge in [-0.1, -0.05) is 31.2 Å². The van der Waals surface area contributed by atoms with E-state index in [1.807, 2.05) is 37.4 Å². The number of aromatic amines is 1. The molecule has 0 aliphatic carbocycles. The molecule has 0 saturated carbocycles. The van der Waals surface area contributed by atoms with Gasteiger partial charge in [0.25, 0.3) is 0 Å². The maximum Gasteiger partial charge on any atom is 0.337 e. The SMILES string of the molecule is CCC(C(=O)Nc1ccc(-c2cn[nH]c2)cc1)c1ccc(C(=O)OC)cc1. The Bertz CT molecular complexity index is 901. The largest absolute Gasteiger partial charge is 0.465 e. The molecule has 2 aromatic carbocycles. The number of esters is 1. The molecule has 2 N–H and O–H groups in total. The maximum atomic E-state index is 12.7. The van der Waals surface area contributed by atoms with Gasteiger partial charge in [0.2, 0.25) is 5.91 Å². The van der Waals surface area contributed by atoms with Crippen LogP contribution in [0.25, 0.3) is 11.1 Å². The van der Waals surface area contributed by atoms with Crippen molar-refractivity contribution in [3.8, 4) is 11.1 Å². The third kappa shape index (κ3) is 4.23. The number of nitrogens with zero attached hydrogens (tertiary/aromatic N) is 1. The van der Waals surface area contributed by atoms with Crippen LogP contribution < -0.4 is 5.32 Å². The summed E-state index contributed by atoms with van der Waals surface area (Å²) in [4.78, 5) is 24.3. The average molecular weight is 363 g/mol. The summed E-state index contributed by atoms with van der Waals surface area (Å²) in [7, 11) is 1.34. The molecule has 1 atom stereocenters. The Kier molecular flexibility index (Phi) is 5.66. The quantitative estimate of drug-likeness (QED) is 0.649. The normalized spacial score (nSPS) is 11.6. The Morgan fingerprint density at radius 3 is 2.33 bits per heavy atom. The summed E-state index contributed by atoms with van der Waals surface area (Å²) in [5.41, 5.74) is 4.07. The van der Waals surface area contributed by atoms with Crippen molar-refractivity contribution in [1.29, 1.82) is 0 Å². The number of ether oxygens (including phenoxy) is 1. The minimum absolute atomic E-state index is 0.0839. The third-order valence-electron chi connectivity index (χ3n) is 4.44. The van der Waals surface area contributed by atoms with Gasteiger partial charge in [-0.05, 0) is 41.8 Å². The van der Waals surface area contributed by atoms with E-state index in [0.717, 1.165) is 22.4 Å². The molecular formula is C21H21N3O3. The van der Waals surface area contributed by atoms with Crippen LogP contribution in [-0.4, -0.2) is 29.2 Å². The van der Waals surface area contributed by atoms with E-state index < -0.39 is 5.97 Å². The van der Waals surface area contributed by atoms with Crippen molar-refractivity contribution in [1.82, 2.24) is 10.2 Å². The fourth-order valence-corrected chi connectivity index (χ4v) is 2.93. The van der Waals surface area contributed by atoms with E-state index in [2.05, 4.69) is 15.5 Å². The molecule has 1 amide bonds. The van der Waals surface area contributed by atoms with Gasteiger partial charge in [-0.2, -0.15) is 5.10 Å². The standard InChI is InChI=1S/C21H21N3O3/c1-3-19(15-4-6-16(7-5-15)21(26)27-2)20(25)24-18-10-8-14(9-11-18)17-12-22-23-13-17/h4-13,19H,3H2,1-2H3,(H,22,23)(H,24,25). The first-order chi connectivity index (χ1) is 13.1. The van der Waals surface area contributed by atoms with Crippen molar-refractivity contribution >= 4 is 17.6 Å². The maximum absolute atomic E-state index is 12.7. The number of anilines is 1. The lowest BCUT2D eigenvalue weighted by atomic mass is 9.94. The van der Waals surface area contributed by atoms with Gasteiger partial charge >= 0.3 is 5.97 Å². The first-order valence-corrected chi connectivity index (χ1v) is 8.70. The molecule has 0 spiro atoms.